The summed E-state index contributed by atoms with van der Waals surface area (Å²) in [6, 6.07) is 19.5. The summed E-state index contributed by atoms with van der Waals surface area (Å²) in [6.45, 7) is 4.43. The number of anilines is 1. The van der Waals surface area contributed by atoms with Crippen LogP contribution in [0, 0.1) is 13.8 Å². The molecule has 8 nitrogen and oxygen atoms in total. The van der Waals surface area contributed by atoms with Crippen LogP contribution in [-0.2, 0) is 14.8 Å². The number of ether oxygens (including phenoxy) is 2. The molecular formula is C27H29N3O5S. The van der Waals surface area contributed by atoms with Crippen molar-refractivity contribution in [1.29, 1.82) is 0 Å². The predicted octanol–water partition coefficient (Wildman–Crippen LogP) is 4.84. The fourth-order valence-electron chi connectivity index (χ4n) is 4.03. The zero-order chi connectivity index (χ0) is 25.7. The van der Waals surface area contributed by atoms with E-state index in [4.69, 9.17) is 9.47 Å². The van der Waals surface area contributed by atoms with Crippen LogP contribution in [-0.4, -0.2) is 44.7 Å². The van der Waals surface area contributed by atoms with E-state index < -0.39 is 15.9 Å². The molecule has 36 heavy (non-hydrogen) atoms. The number of para-hydroxylation sites is 3. The number of nitrogens with one attached hydrogen (secondary N) is 1. The molecular weight excluding hydrogens is 478 g/mol. The van der Waals surface area contributed by atoms with Crippen LogP contribution >= 0.6 is 0 Å². The van der Waals surface area contributed by atoms with Crippen molar-refractivity contribution >= 4 is 33.1 Å². The minimum absolute atomic E-state index is 0.120. The van der Waals surface area contributed by atoms with Gasteiger partial charge in [-0.1, -0.05) is 42.0 Å². The maximum Gasteiger partial charge on any atom is 0.267 e. The van der Waals surface area contributed by atoms with Gasteiger partial charge in [-0.2, -0.15) is 0 Å². The molecule has 0 atom stereocenters. The first kappa shape index (κ1) is 25.2. The summed E-state index contributed by atoms with van der Waals surface area (Å²) in [5.41, 5.74) is 2.98. The first-order valence-corrected chi connectivity index (χ1v) is 13.1. The highest BCUT2D eigenvalue weighted by Gasteiger charge is 2.34. The number of carbonyl (C=O) groups is 1. The number of carbonyl (C=O) groups excluding carboxylic acids is 1. The third kappa shape index (κ3) is 5.52. The van der Waals surface area contributed by atoms with E-state index in [-0.39, 0.29) is 23.7 Å². The zero-order valence-electron chi connectivity index (χ0n) is 20.5. The minimum Gasteiger partial charge on any atom is -0.495 e. The van der Waals surface area contributed by atoms with Crippen molar-refractivity contribution in [2.24, 2.45) is 4.99 Å². The molecule has 0 fully saturated rings. The molecule has 0 unspecified atom stereocenters. The largest absolute Gasteiger partial charge is 0.495 e. The van der Waals surface area contributed by atoms with Crippen LogP contribution in [0.4, 0.5) is 11.4 Å². The smallest absolute Gasteiger partial charge is 0.267 e. The molecule has 0 spiro atoms. The Kier molecular flexibility index (Phi) is 7.59. The third-order valence-electron chi connectivity index (χ3n) is 5.76. The molecule has 3 aromatic carbocycles. The SMILES string of the molecule is COc1ccccc1NC(=O)CC1=Nc2ccccc2S(=O)(=O)N1CCCOc1ccc(C)cc1C. The number of aliphatic imine (C=N–C) groups is 1. The van der Waals surface area contributed by atoms with Crippen LogP contribution in [0.3, 0.4) is 0 Å². The lowest BCUT2D eigenvalue weighted by Crippen LogP contribution is -2.41. The van der Waals surface area contributed by atoms with Crippen LogP contribution in [0.5, 0.6) is 11.5 Å². The van der Waals surface area contributed by atoms with E-state index in [2.05, 4.69) is 10.3 Å². The maximum absolute atomic E-state index is 13.5. The summed E-state index contributed by atoms with van der Waals surface area (Å²) in [5.74, 6) is 1.03. The quantitative estimate of drug-likeness (QED) is 0.418. The molecule has 0 radical (unpaired) electrons. The van der Waals surface area contributed by atoms with Crippen molar-refractivity contribution in [2.45, 2.75) is 31.6 Å². The first-order valence-electron chi connectivity index (χ1n) is 11.6. The summed E-state index contributed by atoms with van der Waals surface area (Å²) in [6.07, 6.45) is 0.200. The van der Waals surface area contributed by atoms with Crippen molar-refractivity contribution in [3.05, 3.63) is 77.9 Å². The van der Waals surface area contributed by atoms with Crippen LogP contribution < -0.4 is 14.8 Å². The van der Waals surface area contributed by atoms with Crippen molar-refractivity contribution in [3.63, 3.8) is 0 Å². The molecule has 0 saturated carbocycles. The number of fused-ring (bicyclic) bond motifs is 1. The maximum atomic E-state index is 13.5. The molecule has 0 aliphatic carbocycles. The van der Waals surface area contributed by atoms with Gasteiger partial charge < -0.3 is 14.8 Å². The van der Waals surface area contributed by atoms with Gasteiger partial charge in [0.25, 0.3) is 10.0 Å². The zero-order valence-corrected chi connectivity index (χ0v) is 21.3. The Morgan fingerprint density at radius 3 is 2.53 bits per heavy atom. The van der Waals surface area contributed by atoms with Gasteiger partial charge in [-0.05, 0) is 49.7 Å². The van der Waals surface area contributed by atoms with E-state index in [0.717, 1.165) is 16.9 Å². The van der Waals surface area contributed by atoms with E-state index in [1.54, 1.807) is 42.5 Å². The Morgan fingerprint density at radius 2 is 1.75 bits per heavy atom. The van der Waals surface area contributed by atoms with E-state index >= 15 is 0 Å². The summed E-state index contributed by atoms with van der Waals surface area (Å²) in [7, 11) is -2.36. The van der Waals surface area contributed by atoms with E-state index in [9.17, 15) is 13.2 Å². The summed E-state index contributed by atoms with van der Waals surface area (Å²) < 4.78 is 39.3. The van der Waals surface area contributed by atoms with Gasteiger partial charge in [0.15, 0.2) is 0 Å². The minimum atomic E-state index is -3.88. The number of hydrogen-bond donors (Lipinski definition) is 1. The van der Waals surface area contributed by atoms with Crippen LogP contribution in [0.25, 0.3) is 0 Å². The summed E-state index contributed by atoms with van der Waals surface area (Å²) in [4.78, 5) is 17.6. The number of hydrogen-bond acceptors (Lipinski definition) is 6. The molecule has 9 heteroatoms. The molecule has 1 amide bonds. The number of benzene rings is 3. The molecule has 188 valence electrons. The second-order valence-electron chi connectivity index (χ2n) is 8.47. The lowest BCUT2D eigenvalue weighted by Gasteiger charge is -2.29. The van der Waals surface area contributed by atoms with Crippen molar-refractivity contribution in [2.75, 3.05) is 25.6 Å². The second-order valence-corrected chi connectivity index (χ2v) is 10.3. The monoisotopic (exact) mass is 507 g/mol. The number of aryl methyl sites for hydroxylation is 2. The number of rotatable bonds is 9. The van der Waals surface area contributed by atoms with Crippen LogP contribution in [0.2, 0.25) is 0 Å². The van der Waals surface area contributed by atoms with Crippen LogP contribution in [0.1, 0.15) is 24.0 Å². The highest BCUT2D eigenvalue weighted by Crippen LogP contribution is 2.33. The average Bonchev–Trinajstić information content (AvgIpc) is 2.84. The Morgan fingerprint density at radius 1 is 1.00 bits per heavy atom. The van der Waals surface area contributed by atoms with Gasteiger partial charge in [-0.15, -0.1) is 0 Å². The topological polar surface area (TPSA) is 97.3 Å². The molecule has 4 rings (SSSR count). The number of amides is 1. The molecule has 0 bridgehead atoms. The highest BCUT2D eigenvalue weighted by atomic mass is 32.2. The Balaban J connectivity index is 1.51. The Bertz CT molecular complexity index is 1400. The van der Waals surface area contributed by atoms with E-state index in [0.29, 0.717) is 30.2 Å². The predicted molar refractivity (Wildman–Crippen MR) is 140 cm³/mol. The molecule has 1 heterocycles. The molecule has 1 N–H and O–H groups in total. The Labute approximate surface area is 211 Å². The van der Waals surface area contributed by atoms with Gasteiger partial charge in [0.05, 0.1) is 31.5 Å². The summed E-state index contributed by atoms with van der Waals surface area (Å²) in [5, 5.41) is 2.79. The average molecular weight is 508 g/mol. The molecule has 1 aliphatic rings. The van der Waals surface area contributed by atoms with Crippen LogP contribution in [0.15, 0.2) is 76.6 Å². The standard InChI is InChI=1S/C27H29N3O5S/c1-19-13-14-23(20(2)17-19)35-16-8-15-30-26(28-22-10-5-7-12-25(22)36(30,32)33)18-27(31)29-21-9-4-6-11-24(21)34-3/h4-7,9-14,17H,8,15-16,18H2,1-3H3,(H,29,31). The molecule has 0 aromatic heterocycles. The second kappa shape index (κ2) is 10.8. The number of amidine groups is 1. The lowest BCUT2D eigenvalue weighted by molar-refractivity contribution is -0.115. The first-order chi connectivity index (χ1) is 17.3. The van der Waals surface area contributed by atoms with E-state index in [1.165, 1.54) is 17.5 Å². The van der Waals surface area contributed by atoms with Gasteiger partial charge in [-0.25, -0.2) is 13.4 Å². The van der Waals surface area contributed by atoms with Crippen molar-refractivity contribution in [3.8, 4) is 11.5 Å². The van der Waals surface area contributed by atoms with Gasteiger partial charge in [0.2, 0.25) is 5.91 Å². The molecule has 3 aromatic rings. The van der Waals surface area contributed by atoms with Crippen molar-refractivity contribution < 1.29 is 22.7 Å². The highest BCUT2D eigenvalue weighted by molar-refractivity contribution is 7.90. The molecule has 0 saturated heterocycles. The fraction of sp³-hybridized carbons (Fsp3) is 0.259. The van der Waals surface area contributed by atoms with E-state index in [1.807, 2.05) is 32.0 Å². The number of sulfonamides is 1. The molecule has 1 aliphatic heterocycles. The Hall–Kier alpha value is -3.85. The van der Waals surface area contributed by atoms with Crippen molar-refractivity contribution in [1.82, 2.24) is 4.31 Å². The summed E-state index contributed by atoms with van der Waals surface area (Å²) >= 11 is 0. The number of methoxy groups -OCH3 is 1. The lowest BCUT2D eigenvalue weighted by atomic mass is 10.1. The fourth-order valence-corrected chi connectivity index (χ4v) is 5.65. The normalized spacial score (nSPS) is 14.0. The third-order valence-corrected chi connectivity index (χ3v) is 7.64. The van der Waals surface area contributed by atoms with Gasteiger partial charge in [-0.3, -0.25) is 9.10 Å². The van der Waals surface area contributed by atoms with Gasteiger partial charge in [0, 0.05) is 13.0 Å². The van der Waals surface area contributed by atoms with Gasteiger partial charge >= 0.3 is 0 Å². The number of nitrogens with zero attached hydrogens (tertiary/aromatic N) is 2. The van der Waals surface area contributed by atoms with Gasteiger partial charge in [0.1, 0.15) is 22.2 Å².